The monoisotopic (exact) mass is 533 g/mol. The average Bonchev–Trinajstić information content (AvgIpc) is 3.15. The number of aromatic amines is 1. The third kappa shape index (κ3) is 4.38. The van der Waals surface area contributed by atoms with Gasteiger partial charge in [0.1, 0.15) is 23.8 Å². The highest BCUT2D eigenvalue weighted by atomic mass is 32.2. The fraction of sp³-hybridized carbons (Fsp3) is 0.320. The number of carbonyl (C=O) groups excluding carboxylic acids is 1. The molecule has 0 spiro atoms. The van der Waals surface area contributed by atoms with Crippen LogP contribution in [0.3, 0.4) is 0 Å². The minimum absolute atomic E-state index is 0.130. The number of nitrogens with zero attached hydrogens (tertiary/aromatic N) is 1. The van der Waals surface area contributed by atoms with Crippen LogP contribution in [0.15, 0.2) is 62.0 Å². The molecule has 0 aliphatic carbocycles. The van der Waals surface area contributed by atoms with Gasteiger partial charge in [0.05, 0.1) is 15.7 Å². The Morgan fingerprint density at radius 2 is 1.76 bits per heavy atom. The fourth-order valence-corrected chi connectivity index (χ4v) is 5.78. The summed E-state index contributed by atoms with van der Waals surface area (Å²) < 4.78 is 50.5. The lowest BCUT2D eigenvalue weighted by Crippen LogP contribution is -2.41. The van der Waals surface area contributed by atoms with Crippen LogP contribution in [0.4, 0.5) is 13.2 Å². The first-order valence-corrected chi connectivity index (χ1v) is 12.4. The molecule has 0 radical (unpaired) electrons. The number of aromatic nitrogens is 2. The molecular weight excluding hydrogens is 511 g/mol. The van der Waals surface area contributed by atoms with Gasteiger partial charge in [-0.05, 0) is 29.7 Å². The number of aliphatic hydroxyl groups excluding tert-OH is 1. The molecule has 3 heterocycles. The molecule has 4 atom stereocenters. The number of hydrogen-bond donors (Lipinski definition) is 3. The van der Waals surface area contributed by atoms with Gasteiger partial charge in [-0.15, -0.1) is 0 Å². The summed E-state index contributed by atoms with van der Waals surface area (Å²) in [4.78, 5) is 39.8. The van der Waals surface area contributed by atoms with Gasteiger partial charge in [-0.3, -0.25) is 19.1 Å². The first-order chi connectivity index (χ1) is 17.7. The smallest absolute Gasteiger partial charge is 0.330 e. The van der Waals surface area contributed by atoms with Crippen molar-refractivity contribution in [1.82, 2.24) is 14.9 Å². The minimum atomic E-state index is -2.02. The maximum Gasteiger partial charge on any atom is 0.330 e. The zero-order chi connectivity index (χ0) is 26.4. The molecule has 1 aromatic heterocycles. The van der Waals surface area contributed by atoms with Gasteiger partial charge in [-0.2, -0.15) is 0 Å². The molecule has 2 aliphatic rings. The highest BCUT2D eigenvalue weighted by Gasteiger charge is 2.46. The van der Waals surface area contributed by atoms with Crippen LogP contribution in [0, 0.1) is 11.6 Å². The van der Waals surface area contributed by atoms with Crippen molar-refractivity contribution < 1.29 is 27.8 Å². The number of fused-ring (bicyclic) bond motifs is 2. The highest BCUT2D eigenvalue weighted by Crippen LogP contribution is 2.48. The van der Waals surface area contributed by atoms with E-state index in [1.165, 1.54) is 30.5 Å². The van der Waals surface area contributed by atoms with Crippen LogP contribution >= 0.6 is 11.8 Å². The molecule has 194 valence electrons. The van der Waals surface area contributed by atoms with Crippen molar-refractivity contribution >= 4 is 17.7 Å². The second kappa shape index (κ2) is 9.84. The zero-order valence-electron chi connectivity index (χ0n) is 19.4. The second-order valence-electron chi connectivity index (χ2n) is 8.77. The lowest BCUT2D eigenvalue weighted by Gasteiger charge is -2.28. The van der Waals surface area contributed by atoms with Gasteiger partial charge < -0.3 is 15.2 Å². The number of amides is 1. The number of aryl methyl sites for hydroxylation is 1. The number of alkyl halides is 1. The molecule has 3 N–H and O–H groups in total. The number of nitrogens with one attached hydrogen (secondary N) is 2. The Morgan fingerprint density at radius 1 is 1.14 bits per heavy atom. The van der Waals surface area contributed by atoms with Crippen molar-refractivity contribution in [3.8, 4) is 0 Å². The lowest BCUT2D eigenvalue weighted by molar-refractivity contribution is -0.122. The Bertz CT molecular complexity index is 1440. The number of ether oxygens (including phenoxy) is 1. The van der Waals surface area contributed by atoms with Crippen molar-refractivity contribution in [2.75, 3.05) is 6.54 Å². The molecule has 2 aromatic carbocycles. The summed E-state index contributed by atoms with van der Waals surface area (Å²) in [5.41, 5.74) is -0.568. The van der Waals surface area contributed by atoms with Gasteiger partial charge in [0, 0.05) is 18.3 Å². The maximum absolute atomic E-state index is 15.0. The normalized spacial score (nSPS) is 22.9. The summed E-state index contributed by atoms with van der Waals surface area (Å²) >= 11 is 0.902. The Labute approximate surface area is 212 Å². The lowest BCUT2D eigenvalue weighted by atomic mass is 9.89. The van der Waals surface area contributed by atoms with E-state index in [0.29, 0.717) is 11.1 Å². The first-order valence-electron chi connectivity index (χ1n) is 11.6. The van der Waals surface area contributed by atoms with Crippen LogP contribution < -0.4 is 16.6 Å². The van der Waals surface area contributed by atoms with Crippen molar-refractivity contribution in [2.24, 2.45) is 0 Å². The fourth-order valence-electron chi connectivity index (χ4n) is 4.64. The number of benzene rings is 2. The maximum atomic E-state index is 15.0. The largest absolute Gasteiger partial charge is 0.387 e. The first kappa shape index (κ1) is 25.3. The van der Waals surface area contributed by atoms with Crippen LogP contribution in [0.2, 0.25) is 0 Å². The highest BCUT2D eigenvalue weighted by molar-refractivity contribution is 7.99. The predicted molar refractivity (Wildman–Crippen MR) is 127 cm³/mol. The molecule has 8 nitrogen and oxygen atoms in total. The summed E-state index contributed by atoms with van der Waals surface area (Å²) in [5, 5.41) is 13.0. The number of H-pyrrole nitrogens is 1. The molecule has 1 amide bonds. The predicted octanol–water partition coefficient (Wildman–Crippen LogP) is 2.39. The topological polar surface area (TPSA) is 113 Å². The van der Waals surface area contributed by atoms with E-state index in [-0.39, 0.29) is 28.3 Å². The summed E-state index contributed by atoms with van der Waals surface area (Å²) in [7, 11) is 0. The summed E-state index contributed by atoms with van der Waals surface area (Å²) in [5.74, 6) is -2.86. The van der Waals surface area contributed by atoms with Gasteiger partial charge in [-0.1, -0.05) is 43.0 Å². The molecule has 0 saturated carbocycles. The summed E-state index contributed by atoms with van der Waals surface area (Å²) in [6.07, 6.45) is -5.00. The molecule has 1 fully saturated rings. The SMILES string of the molecule is CCc1cn([C@@H]2O[C@H](CNC(=O)C3c4cccc(F)c4Sc4c(F)cccc43)[C@@H](O)[C@H]2F)c(=O)[nH]c1=O. The Kier molecular flexibility index (Phi) is 6.73. The van der Waals surface area contributed by atoms with Crippen molar-refractivity contribution in [1.29, 1.82) is 0 Å². The number of aliphatic hydroxyl groups is 1. The molecule has 12 heteroatoms. The molecule has 5 rings (SSSR count). The van der Waals surface area contributed by atoms with Crippen molar-refractivity contribution in [2.45, 2.75) is 53.7 Å². The third-order valence-corrected chi connectivity index (χ3v) is 7.82. The number of carbonyl (C=O) groups is 1. The van der Waals surface area contributed by atoms with Crippen LogP contribution in [0.1, 0.15) is 35.8 Å². The summed E-state index contributed by atoms with van der Waals surface area (Å²) in [6, 6.07) is 8.50. The Morgan fingerprint density at radius 3 is 2.35 bits per heavy atom. The molecule has 0 unspecified atom stereocenters. The van der Waals surface area contributed by atoms with E-state index in [2.05, 4.69) is 10.3 Å². The Balaban J connectivity index is 1.39. The van der Waals surface area contributed by atoms with E-state index >= 15 is 0 Å². The van der Waals surface area contributed by atoms with Gasteiger partial charge in [0.2, 0.25) is 5.91 Å². The van der Waals surface area contributed by atoms with E-state index in [9.17, 15) is 32.7 Å². The van der Waals surface area contributed by atoms with Gasteiger partial charge in [0.15, 0.2) is 12.4 Å². The van der Waals surface area contributed by atoms with Crippen LogP contribution in [0.5, 0.6) is 0 Å². The molecule has 37 heavy (non-hydrogen) atoms. The van der Waals surface area contributed by atoms with Crippen molar-refractivity contribution in [3.63, 3.8) is 0 Å². The number of hydrogen-bond acceptors (Lipinski definition) is 6. The molecule has 0 bridgehead atoms. The molecule has 1 saturated heterocycles. The van der Waals surface area contributed by atoms with Crippen LogP contribution in [0.25, 0.3) is 0 Å². The van der Waals surface area contributed by atoms with Gasteiger partial charge in [-0.25, -0.2) is 18.0 Å². The molecular formula is C25H22F3N3O5S. The number of halogens is 3. The second-order valence-corrected chi connectivity index (χ2v) is 9.79. The van der Waals surface area contributed by atoms with Crippen LogP contribution in [-0.2, 0) is 16.0 Å². The Hall–Kier alpha value is -3.35. The van der Waals surface area contributed by atoms with E-state index in [1.807, 2.05) is 0 Å². The minimum Gasteiger partial charge on any atom is -0.387 e. The standard InChI is InChI=1S/C25H22F3N3O5S/c1-2-11-10-31(25(35)30-22(11)33)24-18(28)19(32)16(36-24)9-29-23(34)17-12-5-3-7-14(26)20(12)37-21-13(17)6-4-8-15(21)27/h3-8,10,16-19,24,32H,2,9H2,1H3,(H,29,34)(H,30,33,35)/t16-,18-,19-,24-/m1/s1. The van der Waals surface area contributed by atoms with Crippen LogP contribution in [-0.4, -0.2) is 45.5 Å². The number of rotatable bonds is 5. The van der Waals surface area contributed by atoms with Gasteiger partial charge >= 0.3 is 5.69 Å². The van der Waals surface area contributed by atoms with E-state index in [1.54, 1.807) is 19.1 Å². The zero-order valence-corrected chi connectivity index (χ0v) is 20.2. The molecule has 3 aromatic rings. The quantitative estimate of drug-likeness (QED) is 0.464. The van der Waals surface area contributed by atoms with Gasteiger partial charge in [0.25, 0.3) is 5.56 Å². The van der Waals surface area contributed by atoms with Crippen molar-refractivity contribution in [3.05, 3.63) is 91.8 Å². The summed E-state index contributed by atoms with van der Waals surface area (Å²) in [6.45, 7) is 1.35. The molecule has 2 aliphatic heterocycles. The average molecular weight is 534 g/mol. The van der Waals surface area contributed by atoms with E-state index in [4.69, 9.17) is 4.74 Å². The van der Waals surface area contributed by atoms with E-state index in [0.717, 1.165) is 16.3 Å². The third-order valence-electron chi connectivity index (χ3n) is 6.55. The van der Waals surface area contributed by atoms with E-state index < -0.39 is 59.3 Å².